The number of ether oxygens (including phenoxy) is 1. The molecule has 0 aliphatic heterocycles. The molecular weight excluding hydrogens is 322 g/mol. The fourth-order valence-corrected chi connectivity index (χ4v) is 2.26. The largest absolute Gasteiger partial charge is 0.487 e. The van der Waals surface area contributed by atoms with Crippen LogP contribution in [0.1, 0.15) is 25.3 Å². The Morgan fingerprint density at radius 1 is 1.32 bits per heavy atom. The van der Waals surface area contributed by atoms with Crippen LogP contribution in [0.5, 0.6) is 5.75 Å². The topological polar surface area (TPSA) is 85.8 Å². The number of benzene rings is 1. The average Bonchev–Trinajstić information content (AvgIpc) is 2.94. The third kappa shape index (κ3) is 3.88. The average molecular weight is 341 g/mol. The predicted molar refractivity (Wildman–Crippen MR) is 92.7 cm³/mol. The molecule has 2 heterocycles. The van der Waals surface area contributed by atoms with Gasteiger partial charge in [-0.1, -0.05) is 19.9 Å². The number of aryl methyl sites for hydroxylation is 1. The molecule has 130 valence electrons. The van der Waals surface area contributed by atoms with Crippen LogP contribution < -0.4 is 15.6 Å². The van der Waals surface area contributed by atoms with Crippen LogP contribution in [0.15, 0.2) is 45.7 Å². The number of carbonyl (C=O) groups is 1. The van der Waals surface area contributed by atoms with E-state index < -0.39 is 0 Å². The van der Waals surface area contributed by atoms with Crippen molar-refractivity contribution >= 4 is 17.2 Å². The molecule has 0 fully saturated rings. The first-order valence-electron chi connectivity index (χ1n) is 7.96. The highest BCUT2D eigenvalue weighted by atomic mass is 16.5. The van der Waals surface area contributed by atoms with E-state index in [4.69, 9.17) is 9.26 Å². The molecule has 1 aromatic carbocycles. The van der Waals surface area contributed by atoms with Gasteiger partial charge in [-0.05, 0) is 19.1 Å². The number of amides is 1. The van der Waals surface area contributed by atoms with Crippen molar-refractivity contribution in [2.75, 3.05) is 5.32 Å². The number of fused-ring (bicyclic) bond motifs is 1. The van der Waals surface area contributed by atoms with Gasteiger partial charge in [-0.15, -0.1) is 4.57 Å². The van der Waals surface area contributed by atoms with Gasteiger partial charge in [0.2, 0.25) is 5.91 Å². The van der Waals surface area contributed by atoms with Crippen LogP contribution in [0.2, 0.25) is 0 Å². The quantitative estimate of drug-likeness (QED) is 0.771. The van der Waals surface area contributed by atoms with E-state index in [9.17, 15) is 9.59 Å². The van der Waals surface area contributed by atoms with E-state index in [2.05, 4.69) is 10.3 Å². The number of aromatic nitrogens is 2. The van der Waals surface area contributed by atoms with Crippen LogP contribution >= 0.6 is 0 Å². The summed E-state index contributed by atoms with van der Waals surface area (Å²) in [7, 11) is 0. The number of anilines is 1. The summed E-state index contributed by atoms with van der Waals surface area (Å²) in [5.41, 5.74) is 1.31. The van der Waals surface area contributed by atoms with Crippen molar-refractivity contribution < 1.29 is 14.1 Å². The maximum absolute atomic E-state index is 12.0. The molecule has 0 aliphatic carbocycles. The highest BCUT2D eigenvalue weighted by Crippen LogP contribution is 2.19. The van der Waals surface area contributed by atoms with E-state index in [1.54, 1.807) is 37.3 Å². The highest BCUT2D eigenvalue weighted by Gasteiger charge is 2.09. The van der Waals surface area contributed by atoms with Crippen molar-refractivity contribution in [3.05, 3.63) is 58.2 Å². The predicted octanol–water partition coefficient (Wildman–Crippen LogP) is 2.77. The molecule has 1 N–H and O–H groups in total. The zero-order valence-corrected chi connectivity index (χ0v) is 14.3. The van der Waals surface area contributed by atoms with Crippen LogP contribution in [0.25, 0.3) is 5.65 Å². The van der Waals surface area contributed by atoms with E-state index in [-0.39, 0.29) is 24.0 Å². The van der Waals surface area contributed by atoms with Gasteiger partial charge >= 0.3 is 0 Å². The van der Waals surface area contributed by atoms with Crippen LogP contribution in [-0.2, 0) is 11.4 Å². The third-order valence-electron chi connectivity index (χ3n) is 3.54. The molecule has 25 heavy (non-hydrogen) atoms. The smallest absolute Gasteiger partial charge is 0.287 e. The Balaban J connectivity index is 1.73. The lowest BCUT2D eigenvalue weighted by atomic mass is 10.2. The number of hydrogen-bond donors (Lipinski definition) is 1. The maximum atomic E-state index is 12.0. The van der Waals surface area contributed by atoms with Gasteiger partial charge in [-0.2, -0.15) is 0 Å². The molecule has 7 heteroatoms. The molecule has 0 bridgehead atoms. The number of rotatable bonds is 5. The molecule has 1 amide bonds. The summed E-state index contributed by atoms with van der Waals surface area (Å²) in [5, 5.41) is 2.82. The van der Waals surface area contributed by atoms with Gasteiger partial charge in [-0.25, -0.2) is 4.98 Å². The fourth-order valence-electron chi connectivity index (χ4n) is 2.26. The molecular formula is C18H19N3O4. The lowest BCUT2D eigenvalue weighted by Crippen LogP contribution is -2.17. The molecule has 0 unspecified atom stereocenters. The summed E-state index contributed by atoms with van der Waals surface area (Å²) in [5.74, 6) is 1.02. The molecule has 3 rings (SSSR count). The minimum atomic E-state index is -0.297. The normalized spacial score (nSPS) is 11.0. The van der Waals surface area contributed by atoms with E-state index in [1.807, 2.05) is 13.8 Å². The van der Waals surface area contributed by atoms with Gasteiger partial charge in [-0.3, -0.25) is 9.59 Å². The van der Waals surface area contributed by atoms with Crippen molar-refractivity contribution in [2.24, 2.45) is 5.92 Å². The van der Waals surface area contributed by atoms with Gasteiger partial charge in [0.1, 0.15) is 18.1 Å². The van der Waals surface area contributed by atoms with E-state index in [0.717, 1.165) is 4.57 Å². The summed E-state index contributed by atoms with van der Waals surface area (Å²) in [6.45, 7) is 5.54. The van der Waals surface area contributed by atoms with Crippen LogP contribution in [0, 0.1) is 12.8 Å². The molecule has 0 saturated carbocycles. The molecule has 3 aromatic rings. The standard InChI is InChI=1S/C18H19N3O4/c1-11(2)18(23)20-13-5-4-6-15(8-13)24-10-14-9-17(22)21-16(19-14)7-12(3)25-21/h4-9,11H,10H2,1-3H3,(H,20,23). The van der Waals surface area contributed by atoms with Gasteiger partial charge in [0, 0.05) is 29.8 Å². The first kappa shape index (κ1) is 16.8. The summed E-state index contributed by atoms with van der Waals surface area (Å²) >= 11 is 0. The molecule has 0 spiro atoms. The fraction of sp³-hybridized carbons (Fsp3) is 0.278. The van der Waals surface area contributed by atoms with Crippen LogP contribution in [0.3, 0.4) is 0 Å². The minimum Gasteiger partial charge on any atom is -0.487 e. The Morgan fingerprint density at radius 3 is 2.88 bits per heavy atom. The van der Waals surface area contributed by atoms with E-state index in [0.29, 0.717) is 28.5 Å². The Hall–Kier alpha value is -3.09. The monoisotopic (exact) mass is 341 g/mol. The molecule has 2 aromatic heterocycles. The van der Waals surface area contributed by atoms with Crippen LogP contribution in [0.4, 0.5) is 5.69 Å². The van der Waals surface area contributed by atoms with Crippen molar-refractivity contribution in [3.8, 4) is 5.75 Å². The Kier molecular flexibility index (Phi) is 4.56. The summed E-state index contributed by atoms with van der Waals surface area (Å²) in [6, 6.07) is 10.1. The van der Waals surface area contributed by atoms with Crippen molar-refractivity contribution in [2.45, 2.75) is 27.4 Å². The Bertz CT molecular complexity index is 972. The zero-order chi connectivity index (χ0) is 18.0. The van der Waals surface area contributed by atoms with Crippen molar-refractivity contribution in [3.63, 3.8) is 0 Å². The number of carbonyl (C=O) groups excluding carboxylic acids is 1. The minimum absolute atomic E-state index is 0.0624. The second kappa shape index (κ2) is 6.80. The van der Waals surface area contributed by atoms with E-state index in [1.165, 1.54) is 6.07 Å². The van der Waals surface area contributed by atoms with Gasteiger partial charge in [0.15, 0.2) is 5.65 Å². The lowest BCUT2D eigenvalue weighted by molar-refractivity contribution is -0.118. The van der Waals surface area contributed by atoms with Gasteiger partial charge in [0.05, 0.1) is 5.69 Å². The van der Waals surface area contributed by atoms with Gasteiger partial charge in [0.25, 0.3) is 5.56 Å². The molecule has 0 radical (unpaired) electrons. The van der Waals surface area contributed by atoms with E-state index >= 15 is 0 Å². The second-order valence-electron chi connectivity index (χ2n) is 6.05. The molecule has 0 aliphatic rings. The first-order valence-corrected chi connectivity index (χ1v) is 7.96. The highest BCUT2D eigenvalue weighted by molar-refractivity contribution is 5.92. The summed E-state index contributed by atoms with van der Waals surface area (Å²) in [4.78, 5) is 28.1. The zero-order valence-electron chi connectivity index (χ0n) is 14.3. The Morgan fingerprint density at radius 2 is 2.12 bits per heavy atom. The summed E-state index contributed by atoms with van der Waals surface area (Å²) < 4.78 is 12.1. The number of nitrogens with zero attached hydrogens (tertiary/aromatic N) is 2. The SMILES string of the molecule is Cc1cc2nc(COc3cccc(NC(=O)C(C)C)c3)cc(=O)n2o1. The third-order valence-corrected chi connectivity index (χ3v) is 3.54. The first-order chi connectivity index (χ1) is 11.9. The van der Waals surface area contributed by atoms with Crippen molar-refractivity contribution in [1.82, 2.24) is 9.56 Å². The van der Waals surface area contributed by atoms with Gasteiger partial charge < -0.3 is 14.6 Å². The van der Waals surface area contributed by atoms with Crippen molar-refractivity contribution in [1.29, 1.82) is 0 Å². The Labute approximate surface area is 144 Å². The molecule has 7 nitrogen and oxygen atoms in total. The molecule has 0 saturated heterocycles. The summed E-state index contributed by atoms with van der Waals surface area (Å²) in [6.07, 6.45) is 0. The maximum Gasteiger partial charge on any atom is 0.287 e. The molecule has 0 atom stereocenters. The van der Waals surface area contributed by atoms with Crippen LogP contribution in [-0.4, -0.2) is 15.5 Å². The number of hydrogen-bond acceptors (Lipinski definition) is 5. The number of nitrogens with one attached hydrogen (secondary N) is 1. The lowest BCUT2D eigenvalue weighted by Gasteiger charge is -2.10. The second-order valence-corrected chi connectivity index (χ2v) is 6.05.